The lowest BCUT2D eigenvalue weighted by Crippen LogP contribution is -2.28. The highest BCUT2D eigenvalue weighted by molar-refractivity contribution is 8.18. The van der Waals surface area contributed by atoms with E-state index in [-0.39, 0.29) is 5.91 Å². The Morgan fingerprint density at radius 2 is 1.93 bits per heavy atom. The first-order valence-corrected chi connectivity index (χ1v) is 9.94. The number of benzene rings is 2. The lowest BCUT2D eigenvalue weighted by molar-refractivity contribution is -0.122. The number of para-hydroxylation sites is 1. The van der Waals surface area contributed by atoms with Crippen molar-refractivity contribution in [3.63, 3.8) is 0 Å². The van der Waals surface area contributed by atoms with Crippen molar-refractivity contribution >= 4 is 34.6 Å². The van der Waals surface area contributed by atoms with Gasteiger partial charge in [0, 0.05) is 12.1 Å². The zero-order chi connectivity index (χ0) is 19.4. The van der Waals surface area contributed by atoms with Crippen LogP contribution in [0.3, 0.4) is 0 Å². The number of amides is 1. The van der Waals surface area contributed by atoms with Crippen LogP contribution in [0.25, 0.3) is 6.08 Å². The summed E-state index contributed by atoms with van der Waals surface area (Å²) in [5.74, 6) is 0.765. The summed E-state index contributed by atoms with van der Waals surface area (Å²) in [5, 5.41) is 0.719. The fraction of sp³-hybridized carbons (Fsp3) is 0.273. The summed E-state index contributed by atoms with van der Waals surface area (Å²) in [7, 11) is 0. The Balaban J connectivity index is 1.98. The highest BCUT2D eigenvalue weighted by atomic mass is 32.2. The number of carbonyl (C=O) groups is 1. The minimum absolute atomic E-state index is 0.0159. The molecule has 2 aromatic carbocycles. The van der Waals surface area contributed by atoms with Gasteiger partial charge in [-0.15, -0.1) is 0 Å². The first kappa shape index (κ1) is 19.2. The molecule has 2 aromatic rings. The summed E-state index contributed by atoms with van der Waals surface area (Å²) in [6.45, 7) is 9.16. The van der Waals surface area contributed by atoms with E-state index in [1.807, 2.05) is 64.1 Å². The molecular weight excluding hydrogens is 356 g/mol. The molecule has 27 heavy (non-hydrogen) atoms. The van der Waals surface area contributed by atoms with Gasteiger partial charge in [0.25, 0.3) is 5.91 Å². The topological polar surface area (TPSA) is 41.9 Å². The van der Waals surface area contributed by atoms with Gasteiger partial charge in [-0.3, -0.25) is 9.69 Å². The van der Waals surface area contributed by atoms with Crippen LogP contribution in [0.4, 0.5) is 5.69 Å². The summed E-state index contributed by atoms with van der Waals surface area (Å²) in [6.07, 6.45) is 1.90. The number of aliphatic imine (C=N–C) groups is 1. The maximum absolute atomic E-state index is 12.9. The van der Waals surface area contributed by atoms with Crippen LogP contribution in [0, 0.1) is 13.8 Å². The Labute approximate surface area is 164 Å². The molecule has 1 amide bonds. The smallest absolute Gasteiger partial charge is 0.266 e. The lowest BCUT2D eigenvalue weighted by atomic mass is 10.1. The highest BCUT2D eigenvalue weighted by Gasteiger charge is 2.32. The molecule has 0 N–H and O–H groups in total. The van der Waals surface area contributed by atoms with E-state index in [0.29, 0.717) is 18.1 Å². The molecule has 1 saturated heterocycles. The third kappa shape index (κ3) is 4.25. The molecule has 1 heterocycles. The molecule has 4 nitrogen and oxygen atoms in total. The van der Waals surface area contributed by atoms with E-state index in [4.69, 9.17) is 9.73 Å². The van der Waals surface area contributed by atoms with Crippen molar-refractivity contribution in [3.8, 4) is 5.75 Å². The Bertz CT molecular complexity index is 918. The molecule has 0 radical (unpaired) electrons. The number of aryl methyl sites for hydroxylation is 2. The van der Waals surface area contributed by atoms with Crippen molar-refractivity contribution in [1.29, 1.82) is 0 Å². The van der Waals surface area contributed by atoms with Gasteiger partial charge >= 0.3 is 0 Å². The van der Waals surface area contributed by atoms with Gasteiger partial charge in [-0.05, 0) is 68.8 Å². The minimum atomic E-state index is -0.0159. The number of thioether (sulfide) groups is 1. The fourth-order valence-electron chi connectivity index (χ4n) is 2.84. The second-order valence-electron chi connectivity index (χ2n) is 6.32. The molecule has 140 valence electrons. The molecule has 3 rings (SSSR count). The van der Waals surface area contributed by atoms with E-state index in [0.717, 1.165) is 33.3 Å². The Kier molecular flexibility index (Phi) is 6.01. The Morgan fingerprint density at radius 1 is 1.15 bits per heavy atom. The number of ether oxygens (including phenoxy) is 1. The summed E-state index contributed by atoms with van der Waals surface area (Å²) >= 11 is 1.41. The molecular formula is C22H24N2O2S. The van der Waals surface area contributed by atoms with Gasteiger partial charge in [-0.25, -0.2) is 4.99 Å². The first-order valence-electron chi connectivity index (χ1n) is 9.12. The maximum Gasteiger partial charge on any atom is 0.266 e. The average Bonchev–Trinajstić information content (AvgIpc) is 2.94. The number of carbonyl (C=O) groups excluding carboxylic acids is 1. The van der Waals surface area contributed by atoms with Crippen molar-refractivity contribution in [2.45, 2.75) is 27.7 Å². The highest BCUT2D eigenvalue weighted by Crippen LogP contribution is 2.36. The van der Waals surface area contributed by atoms with Crippen molar-refractivity contribution in [2.75, 3.05) is 13.2 Å². The molecule has 1 aliphatic heterocycles. The predicted molar refractivity (Wildman–Crippen MR) is 114 cm³/mol. The van der Waals surface area contributed by atoms with Gasteiger partial charge in [0.2, 0.25) is 0 Å². The molecule has 0 bridgehead atoms. The number of rotatable bonds is 5. The van der Waals surface area contributed by atoms with Crippen LogP contribution < -0.4 is 4.74 Å². The molecule has 0 atom stereocenters. The van der Waals surface area contributed by atoms with E-state index in [1.165, 1.54) is 11.8 Å². The third-order valence-corrected chi connectivity index (χ3v) is 5.30. The monoisotopic (exact) mass is 380 g/mol. The zero-order valence-electron chi connectivity index (χ0n) is 16.2. The minimum Gasteiger partial charge on any atom is -0.493 e. The quantitative estimate of drug-likeness (QED) is 0.659. The standard InChI is InChI=1S/C22H24N2O2S/c1-5-24-21(25)20(14-17-9-7-8-10-19(17)26-6-2)27-22(24)23-18-13-15(3)11-12-16(18)4/h7-14H,5-6H2,1-4H3/b20-14+,23-22?. The van der Waals surface area contributed by atoms with Crippen LogP contribution >= 0.6 is 11.8 Å². The number of hydrogen-bond acceptors (Lipinski definition) is 4. The largest absolute Gasteiger partial charge is 0.493 e. The van der Waals surface area contributed by atoms with Gasteiger partial charge in [0.05, 0.1) is 17.2 Å². The number of nitrogens with zero attached hydrogens (tertiary/aromatic N) is 2. The summed E-state index contributed by atoms with van der Waals surface area (Å²) in [6, 6.07) is 13.9. The molecule has 0 unspecified atom stereocenters. The van der Waals surface area contributed by atoms with Crippen molar-refractivity contribution in [1.82, 2.24) is 4.90 Å². The van der Waals surface area contributed by atoms with Crippen LogP contribution in [-0.2, 0) is 4.79 Å². The normalized spacial score (nSPS) is 17.2. The van der Waals surface area contributed by atoms with Crippen LogP contribution in [0.1, 0.15) is 30.5 Å². The van der Waals surface area contributed by atoms with E-state index >= 15 is 0 Å². The van der Waals surface area contributed by atoms with Crippen LogP contribution in [0.5, 0.6) is 5.75 Å². The Hall–Kier alpha value is -2.53. The molecule has 0 spiro atoms. The van der Waals surface area contributed by atoms with Gasteiger partial charge in [0.1, 0.15) is 5.75 Å². The summed E-state index contributed by atoms with van der Waals surface area (Å²) < 4.78 is 5.68. The van der Waals surface area contributed by atoms with E-state index in [1.54, 1.807) is 4.90 Å². The molecule has 1 fully saturated rings. The van der Waals surface area contributed by atoms with Gasteiger partial charge in [-0.2, -0.15) is 0 Å². The first-order chi connectivity index (χ1) is 13.0. The summed E-state index contributed by atoms with van der Waals surface area (Å²) in [4.78, 5) is 20.0. The molecule has 0 saturated carbocycles. The van der Waals surface area contributed by atoms with Gasteiger partial charge in [-0.1, -0.05) is 30.3 Å². The maximum atomic E-state index is 12.9. The zero-order valence-corrected chi connectivity index (χ0v) is 17.0. The summed E-state index contributed by atoms with van der Waals surface area (Å²) in [5.41, 5.74) is 4.05. The molecule has 1 aliphatic rings. The average molecular weight is 381 g/mol. The number of likely N-dealkylation sites (N-methyl/N-ethyl adjacent to an activating group) is 1. The van der Waals surface area contributed by atoms with Crippen molar-refractivity contribution in [2.24, 2.45) is 4.99 Å². The van der Waals surface area contributed by atoms with E-state index < -0.39 is 0 Å². The molecule has 0 aliphatic carbocycles. The SMILES string of the molecule is CCOc1ccccc1/C=C1/SC(=Nc2cc(C)ccc2C)N(CC)C1=O. The van der Waals surface area contributed by atoms with Crippen LogP contribution in [0.15, 0.2) is 52.4 Å². The van der Waals surface area contributed by atoms with Crippen molar-refractivity contribution < 1.29 is 9.53 Å². The molecule has 5 heteroatoms. The van der Waals surface area contributed by atoms with Crippen molar-refractivity contribution in [3.05, 3.63) is 64.1 Å². The van der Waals surface area contributed by atoms with Crippen LogP contribution in [0.2, 0.25) is 0 Å². The van der Waals surface area contributed by atoms with Gasteiger partial charge < -0.3 is 4.74 Å². The second kappa shape index (κ2) is 8.44. The predicted octanol–water partition coefficient (Wildman–Crippen LogP) is 5.33. The Morgan fingerprint density at radius 3 is 2.67 bits per heavy atom. The van der Waals surface area contributed by atoms with Gasteiger partial charge in [0.15, 0.2) is 5.17 Å². The van der Waals surface area contributed by atoms with E-state index in [9.17, 15) is 4.79 Å². The number of amidine groups is 1. The third-order valence-electron chi connectivity index (χ3n) is 4.29. The van der Waals surface area contributed by atoms with Crippen LogP contribution in [-0.4, -0.2) is 29.1 Å². The van der Waals surface area contributed by atoms with E-state index in [2.05, 4.69) is 12.1 Å². The molecule has 0 aromatic heterocycles. The number of hydrogen-bond donors (Lipinski definition) is 0. The second-order valence-corrected chi connectivity index (χ2v) is 7.32. The lowest BCUT2D eigenvalue weighted by Gasteiger charge is -2.12. The fourth-order valence-corrected chi connectivity index (χ4v) is 3.89.